The molecule has 3 atom stereocenters. The summed E-state index contributed by atoms with van der Waals surface area (Å²) >= 11 is 1.67. The van der Waals surface area contributed by atoms with Gasteiger partial charge in [0, 0.05) is 28.4 Å². The molecule has 0 saturated heterocycles. The van der Waals surface area contributed by atoms with Crippen molar-refractivity contribution in [2.45, 2.75) is 73.8 Å². The molecule has 0 aliphatic carbocycles. The first-order chi connectivity index (χ1) is 20.7. The van der Waals surface area contributed by atoms with E-state index in [0.29, 0.717) is 18.6 Å². The SMILES string of the molecule is CC1(c2ccc(O)cc2)CSc2cc(O)ccc2C1c1ccc(OCCCCC(CCCC(F)(F)C(F)(F)F)C(=O)O)cc1. The molecule has 1 heterocycles. The van der Waals surface area contributed by atoms with Crippen molar-refractivity contribution in [2.24, 2.45) is 5.92 Å². The van der Waals surface area contributed by atoms with Gasteiger partial charge in [0.25, 0.3) is 0 Å². The summed E-state index contributed by atoms with van der Waals surface area (Å²) in [5.74, 6) is -5.35. The number of alkyl halides is 5. The molecule has 4 rings (SSSR count). The zero-order valence-corrected chi connectivity index (χ0v) is 24.9. The van der Waals surface area contributed by atoms with Crippen LogP contribution in [-0.4, -0.2) is 45.7 Å². The fourth-order valence-electron chi connectivity index (χ4n) is 5.72. The van der Waals surface area contributed by atoms with Crippen molar-refractivity contribution in [1.82, 2.24) is 0 Å². The van der Waals surface area contributed by atoms with Gasteiger partial charge in [0.1, 0.15) is 17.2 Å². The van der Waals surface area contributed by atoms with E-state index < -0.39 is 36.8 Å². The van der Waals surface area contributed by atoms with Crippen LogP contribution in [0.25, 0.3) is 0 Å². The highest BCUT2D eigenvalue weighted by molar-refractivity contribution is 7.99. The zero-order valence-electron chi connectivity index (χ0n) is 24.1. The van der Waals surface area contributed by atoms with Crippen LogP contribution >= 0.6 is 11.8 Å². The van der Waals surface area contributed by atoms with Crippen LogP contribution in [0.1, 0.15) is 68.1 Å². The molecule has 0 fully saturated rings. The van der Waals surface area contributed by atoms with Gasteiger partial charge in [-0.05, 0) is 85.2 Å². The number of aromatic hydroxyl groups is 2. The maximum absolute atomic E-state index is 13.1. The number of hydrogen-bond acceptors (Lipinski definition) is 5. The average Bonchev–Trinajstić information content (AvgIpc) is 2.96. The maximum atomic E-state index is 13.1. The smallest absolute Gasteiger partial charge is 0.453 e. The Balaban J connectivity index is 1.36. The second-order valence-corrected chi connectivity index (χ2v) is 12.5. The lowest BCUT2D eigenvalue weighted by atomic mass is 9.67. The first-order valence-electron chi connectivity index (χ1n) is 14.4. The normalized spacial score (nSPS) is 19.3. The summed E-state index contributed by atoms with van der Waals surface area (Å²) in [6.45, 7) is 2.47. The molecule has 1 aliphatic heterocycles. The number of carbonyl (C=O) groups is 1. The summed E-state index contributed by atoms with van der Waals surface area (Å²) in [5.41, 5.74) is 2.87. The van der Waals surface area contributed by atoms with Crippen molar-refractivity contribution < 1.29 is 46.8 Å². The minimum absolute atomic E-state index is 0.0537. The summed E-state index contributed by atoms with van der Waals surface area (Å²) in [6, 6.07) is 20.3. The Labute approximate surface area is 257 Å². The third-order valence-electron chi connectivity index (χ3n) is 8.24. The van der Waals surface area contributed by atoms with Gasteiger partial charge in [-0.3, -0.25) is 4.79 Å². The van der Waals surface area contributed by atoms with Crippen LogP contribution in [0, 0.1) is 5.92 Å². The quantitative estimate of drug-likeness (QED) is 0.128. The fourth-order valence-corrected chi connectivity index (χ4v) is 7.07. The first kappa shape index (κ1) is 33.4. The Bertz CT molecular complexity index is 1410. The van der Waals surface area contributed by atoms with Crippen molar-refractivity contribution in [3.05, 3.63) is 83.4 Å². The van der Waals surface area contributed by atoms with E-state index in [9.17, 15) is 42.1 Å². The minimum Gasteiger partial charge on any atom is -0.508 e. The van der Waals surface area contributed by atoms with Crippen molar-refractivity contribution >= 4 is 17.7 Å². The first-order valence-corrected chi connectivity index (χ1v) is 15.4. The third-order valence-corrected chi connectivity index (χ3v) is 9.64. The minimum atomic E-state index is -5.64. The van der Waals surface area contributed by atoms with E-state index in [1.165, 1.54) is 0 Å². The van der Waals surface area contributed by atoms with Crippen LogP contribution in [0.3, 0.4) is 0 Å². The number of thioether (sulfide) groups is 1. The molecule has 238 valence electrons. The standard InChI is InChI=1S/C33H35F5O5S/c1-31(23-9-11-24(39)12-10-23)20-44-28-19-25(40)13-16-27(28)29(31)21-7-14-26(15-8-21)43-18-3-2-5-22(30(41)42)6-4-17-32(34,35)33(36,37)38/h7-16,19,22,29,39-40H,2-6,17-18,20H2,1H3,(H,41,42). The molecule has 0 amide bonds. The van der Waals surface area contributed by atoms with Gasteiger partial charge >= 0.3 is 18.1 Å². The highest BCUT2D eigenvalue weighted by Gasteiger charge is 2.56. The van der Waals surface area contributed by atoms with E-state index in [4.69, 9.17) is 4.74 Å². The van der Waals surface area contributed by atoms with Crippen LogP contribution in [0.4, 0.5) is 22.0 Å². The fraction of sp³-hybridized carbons (Fsp3) is 0.424. The number of hydrogen-bond donors (Lipinski definition) is 3. The van der Waals surface area contributed by atoms with Crippen molar-refractivity contribution in [1.29, 1.82) is 0 Å². The number of carboxylic acids is 1. The third kappa shape index (κ3) is 7.78. The van der Waals surface area contributed by atoms with E-state index in [0.717, 1.165) is 27.3 Å². The number of fused-ring (bicyclic) bond motifs is 1. The summed E-state index contributed by atoms with van der Waals surface area (Å²) in [6.07, 6.45) is -6.81. The molecule has 0 bridgehead atoms. The van der Waals surface area contributed by atoms with Crippen LogP contribution in [-0.2, 0) is 10.2 Å². The van der Waals surface area contributed by atoms with Gasteiger partial charge in [-0.1, -0.05) is 37.3 Å². The zero-order chi connectivity index (χ0) is 32.1. The van der Waals surface area contributed by atoms with E-state index >= 15 is 0 Å². The predicted octanol–water partition coefficient (Wildman–Crippen LogP) is 8.91. The summed E-state index contributed by atoms with van der Waals surface area (Å²) in [7, 11) is 0. The van der Waals surface area contributed by atoms with Crippen molar-refractivity contribution in [2.75, 3.05) is 12.4 Å². The highest BCUT2D eigenvalue weighted by Crippen LogP contribution is 2.53. The molecule has 44 heavy (non-hydrogen) atoms. The molecule has 11 heteroatoms. The van der Waals surface area contributed by atoms with Crippen molar-refractivity contribution in [3.8, 4) is 17.2 Å². The number of ether oxygens (including phenoxy) is 1. The predicted molar refractivity (Wildman–Crippen MR) is 158 cm³/mol. The molecule has 3 unspecified atom stereocenters. The van der Waals surface area contributed by atoms with Crippen LogP contribution in [0.2, 0.25) is 0 Å². The van der Waals surface area contributed by atoms with Gasteiger partial charge in [0.2, 0.25) is 0 Å². The topological polar surface area (TPSA) is 87.0 Å². The van der Waals surface area contributed by atoms with E-state index in [1.54, 1.807) is 36.0 Å². The van der Waals surface area contributed by atoms with Crippen molar-refractivity contribution in [3.63, 3.8) is 0 Å². The molecule has 0 radical (unpaired) electrons. The number of halogens is 5. The molecule has 3 N–H and O–H groups in total. The molecule has 3 aromatic carbocycles. The molecule has 0 saturated carbocycles. The summed E-state index contributed by atoms with van der Waals surface area (Å²) in [4.78, 5) is 12.5. The Morgan fingerprint density at radius 1 is 0.932 bits per heavy atom. The molecular formula is C33H35F5O5S. The van der Waals surface area contributed by atoms with Crippen LogP contribution in [0.15, 0.2) is 71.6 Å². The second-order valence-electron chi connectivity index (χ2n) is 11.5. The number of phenolic OH excluding ortho intramolecular Hbond substituents is 2. The largest absolute Gasteiger partial charge is 0.508 e. The lowest BCUT2D eigenvalue weighted by Crippen LogP contribution is -2.36. The Kier molecular flexibility index (Phi) is 10.4. The number of rotatable bonds is 13. The Morgan fingerprint density at radius 3 is 2.20 bits per heavy atom. The number of carboxylic acid groups (broad SMARTS) is 1. The maximum Gasteiger partial charge on any atom is 0.453 e. The van der Waals surface area contributed by atoms with Gasteiger partial charge < -0.3 is 20.1 Å². The van der Waals surface area contributed by atoms with Gasteiger partial charge in [-0.25, -0.2) is 0 Å². The molecule has 0 spiro atoms. The van der Waals surface area contributed by atoms with Crippen LogP contribution in [0.5, 0.6) is 17.2 Å². The van der Waals surface area contributed by atoms with Gasteiger partial charge in [-0.2, -0.15) is 22.0 Å². The van der Waals surface area contributed by atoms with E-state index in [2.05, 4.69) is 6.92 Å². The van der Waals surface area contributed by atoms with Gasteiger partial charge in [0.05, 0.1) is 12.5 Å². The summed E-state index contributed by atoms with van der Waals surface area (Å²) in [5, 5.41) is 29.3. The number of phenols is 2. The second kappa shape index (κ2) is 13.7. The Morgan fingerprint density at radius 2 is 1.57 bits per heavy atom. The summed E-state index contributed by atoms with van der Waals surface area (Å²) < 4.78 is 69.2. The number of benzene rings is 3. The van der Waals surface area contributed by atoms with Crippen LogP contribution < -0.4 is 4.74 Å². The van der Waals surface area contributed by atoms with E-state index in [-0.39, 0.29) is 42.3 Å². The molecular weight excluding hydrogens is 603 g/mol. The lowest BCUT2D eigenvalue weighted by molar-refractivity contribution is -0.284. The molecule has 5 nitrogen and oxygen atoms in total. The number of unbranched alkanes of at least 4 members (excludes halogenated alkanes) is 1. The molecule has 0 aromatic heterocycles. The Hall–Kier alpha value is -3.47. The average molecular weight is 639 g/mol. The van der Waals surface area contributed by atoms with Gasteiger partial charge in [0.15, 0.2) is 0 Å². The molecule has 3 aromatic rings. The van der Waals surface area contributed by atoms with Gasteiger partial charge in [-0.15, -0.1) is 11.8 Å². The highest BCUT2D eigenvalue weighted by atomic mass is 32.2. The monoisotopic (exact) mass is 638 g/mol. The lowest BCUT2D eigenvalue weighted by Gasteiger charge is -2.43. The van der Waals surface area contributed by atoms with E-state index in [1.807, 2.05) is 42.5 Å². The number of aliphatic carboxylic acids is 1. The molecule has 1 aliphatic rings.